The second kappa shape index (κ2) is 10.4. The molecule has 0 aliphatic carbocycles. The first kappa shape index (κ1) is 21.4. The molecule has 0 radical (unpaired) electrons. The Balaban J connectivity index is 0.00000312. The molecular formula is C18H29ClN2O4. The molecule has 1 heterocycles. The highest BCUT2D eigenvalue weighted by Crippen LogP contribution is 2.40. The summed E-state index contributed by atoms with van der Waals surface area (Å²) >= 11 is 0. The van der Waals surface area contributed by atoms with Crippen LogP contribution in [0, 0.1) is 0 Å². The average molecular weight is 373 g/mol. The number of nitrogens with zero attached hydrogens (tertiary/aromatic N) is 1. The third kappa shape index (κ3) is 5.16. The third-order valence-electron chi connectivity index (χ3n) is 4.64. The number of hydrogen-bond acceptors (Lipinski definition) is 5. The Labute approximate surface area is 156 Å². The molecule has 2 rings (SSSR count). The lowest BCUT2D eigenvalue weighted by atomic mass is 10.0. The van der Waals surface area contributed by atoms with Crippen molar-refractivity contribution in [2.24, 2.45) is 0 Å². The van der Waals surface area contributed by atoms with E-state index >= 15 is 0 Å². The van der Waals surface area contributed by atoms with Gasteiger partial charge in [-0.3, -0.25) is 4.79 Å². The Hall–Kier alpha value is -1.66. The minimum absolute atomic E-state index is 0. The highest BCUT2D eigenvalue weighted by Gasteiger charge is 2.22. The van der Waals surface area contributed by atoms with Gasteiger partial charge in [0.15, 0.2) is 11.5 Å². The fourth-order valence-corrected chi connectivity index (χ4v) is 3.18. The molecule has 142 valence electrons. The van der Waals surface area contributed by atoms with Crippen LogP contribution in [0.1, 0.15) is 24.8 Å². The van der Waals surface area contributed by atoms with Gasteiger partial charge in [0, 0.05) is 19.5 Å². The van der Waals surface area contributed by atoms with Gasteiger partial charge in [0.25, 0.3) is 0 Å². The van der Waals surface area contributed by atoms with E-state index in [1.54, 1.807) is 21.3 Å². The molecule has 1 amide bonds. The molecule has 0 spiro atoms. The van der Waals surface area contributed by atoms with Crippen LogP contribution in [0.5, 0.6) is 17.2 Å². The van der Waals surface area contributed by atoms with Crippen molar-refractivity contribution in [1.82, 2.24) is 10.2 Å². The summed E-state index contributed by atoms with van der Waals surface area (Å²) in [7, 11) is 6.68. The molecular weight excluding hydrogens is 344 g/mol. The maximum absolute atomic E-state index is 12.5. The Bertz CT molecular complexity index is 562. The van der Waals surface area contributed by atoms with Crippen molar-refractivity contribution in [2.75, 3.05) is 41.5 Å². The number of benzene rings is 1. The Morgan fingerprint density at radius 3 is 2.32 bits per heavy atom. The van der Waals surface area contributed by atoms with E-state index in [0.717, 1.165) is 31.5 Å². The highest BCUT2D eigenvalue weighted by molar-refractivity contribution is 5.85. The SMILES string of the molecule is COc1ccc(CCC(=O)N(C)C2CCNCC2)c(OC)c1OC.Cl. The lowest BCUT2D eigenvalue weighted by Crippen LogP contribution is -2.44. The van der Waals surface area contributed by atoms with E-state index in [2.05, 4.69) is 5.32 Å². The molecule has 6 nitrogen and oxygen atoms in total. The Morgan fingerprint density at radius 1 is 1.12 bits per heavy atom. The summed E-state index contributed by atoms with van der Waals surface area (Å²) in [4.78, 5) is 14.4. The summed E-state index contributed by atoms with van der Waals surface area (Å²) in [6, 6.07) is 4.11. The minimum atomic E-state index is 0. The molecule has 1 aliphatic rings. The predicted octanol–water partition coefficient (Wildman–Crippen LogP) is 2.28. The first-order chi connectivity index (χ1) is 11.6. The number of carbonyl (C=O) groups excluding carboxylic acids is 1. The second-order valence-corrected chi connectivity index (χ2v) is 5.98. The van der Waals surface area contributed by atoms with Crippen LogP contribution in [0.3, 0.4) is 0 Å². The van der Waals surface area contributed by atoms with Gasteiger partial charge in [-0.25, -0.2) is 0 Å². The molecule has 1 aromatic rings. The molecule has 1 fully saturated rings. The van der Waals surface area contributed by atoms with Crippen LogP contribution in [0.4, 0.5) is 0 Å². The first-order valence-electron chi connectivity index (χ1n) is 8.36. The van der Waals surface area contributed by atoms with E-state index in [0.29, 0.717) is 36.1 Å². The monoisotopic (exact) mass is 372 g/mol. The number of carbonyl (C=O) groups is 1. The predicted molar refractivity (Wildman–Crippen MR) is 100 cm³/mol. The standard InChI is InChI=1S/C18H28N2O4.ClH/c1-20(14-9-11-19-12-10-14)16(21)8-6-13-5-7-15(22-2)18(24-4)17(13)23-3;/h5,7,14,19H,6,8-12H2,1-4H3;1H. The van der Waals surface area contributed by atoms with Gasteiger partial charge in [-0.15, -0.1) is 12.4 Å². The number of rotatable bonds is 7. The number of amides is 1. The van der Waals surface area contributed by atoms with Crippen LogP contribution < -0.4 is 19.5 Å². The molecule has 0 bridgehead atoms. The molecule has 7 heteroatoms. The first-order valence-corrected chi connectivity index (χ1v) is 8.36. The maximum atomic E-state index is 12.5. The number of ether oxygens (including phenoxy) is 3. The summed E-state index contributed by atoms with van der Waals surface area (Å²) in [6.45, 7) is 1.96. The van der Waals surface area contributed by atoms with E-state index < -0.39 is 0 Å². The summed E-state index contributed by atoms with van der Waals surface area (Å²) in [5, 5.41) is 3.32. The smallest absolute Gasteiger partial charge is 0.222 e. The van der Waals surface area contributed by atoms with Gasteiger partial charge >= 0.3 is 0 Å². The van der Waals surface area contributed by atoms with Gasteiger partial charge in [0.05, 0.1) is 21.3 Å². The zero-order valence-corrected chi connectivity index (χ0v) is 16.3. The fraction of sp³-hybridized carbons (Fsp3) is 0.611. The molecule has 0 aromatic heterocycles. The quantitative estimate of drug-likeness (QED) is 0.795. The van der Waals surface area contributed by atoms with Crippen molar-refractivity contribution in [3.63, 3.8) is 0 Å². The Kier molecular flexibility index (Phi) is 8.86. The summed E-state index contributed by atoms with van der Waals surface area (Å²) in [5.74, 6) is 1.99. The topological polar surface area (TPSA) is 60.0 Å². The van der Waals surface area contributed by atoms with Crippen molar-refractivity contribution >= 4 is 18.3 Å². The average Bonchev–Trinajstić information content (AvgIpc) is 2.64. The lowest BCUT2D eigenvalue weighted by molar-refractivity contribution is -0.132. The summed E-state index contributed by atoms with van der Waals surface area (Å²) < 4.78 is 16.2. The van der Waals surface area contributed by atoms with Crippen molar-refractivity contribution < 1.29 is 19.0 Å². The van der Waals surface area contributed by atoms with Gasteiger partial charge in [-0.05, 0) is 44.0 Å². The summed E-state index contributed by atoms with van der Waals surface area (Å²) in [6.07, 6.45) is 3.09. The van der Waals surface area contributed by atoms with Crippen LogP contribution in [0.25, 0.3) is 0 Å². The second-order valence-electron chi connectivity index (χ2n) is 5.98. The molecule has 1 aromatic carbocycles. The zero-order chi connectivity index (χ0) is 17.5. The summed E-state index contributed by atoms with van der Waals surface area (Å²) in [5.41, 5.74) is 0.946. The molecule has 0 saturated carbocycles. The maximum Gasteiger partial charge on any atom is 0.222 e. The number of aryl methyl sites for hydroxylation is 1. The van der Waals surface area contributed by atoms with E-state index in [4.69, 9.17) is 14.2 Å². The normalized spacial score (nSPS) is 14.4. The third-order valence-corrected chi connectivity index (χ3v) is 4.64. The molecule has 1 aliphatic heterocycles. The van der Waals surface area contributed by atoms with Gasteiger partial charge < -0.3 is 24.4 Å². The van der Waals surface area contributed by atoms with E-state index in [1.165, 1.54) is 0 Å². The Morgan fingerprint density at radius 2 is 1.76 bits per heavy atom. The van der Waals surface area contributed by atoms with E-state index in [1.807, 2.05) is 24.1 Å². The van der Waals surface area contributed by atoms with Crippen molar-refractivity contribution in [3.05, 3.63) is 17.7 Å². The minimum Gasteiger partial charge on any atom is -0.493 e. The number of nitrogens with one attached hydrogen (secondary N) is 1. The van der Waals surface area contributed by atoms with Crippen molar-refractivity contribution in [1.29, 1.82) is 0 Å². The van der Waals surface area contributed by atoms with Gasteiger partial charge in [0.1, 0.15) is 0 Å². The van der Waals surface area contributed by atoms with Crippen LogP contribution in [0.15, 0.2) is 12.1 Å². The molecule has 1 saturated heterocycles. The fourth-order valence-electron chi connectivity index (χ4n) is 3.18. The van der Waals surface area contributed by atoms with Crippen LogP contribution in [-0.4, -0.2) is 58.3 Å². The molecule has 1 N–H and O–H groups in total. The number of halogens is 1. The molecule has 0 atom stereocenters. The lowest BCUT2D eigenvalue weighted by Gasteiger charge is -2.31. The van der Waals surface area contributed by atoms with Crippen LogP contribution in [0.2, 0.25) is 0 Å². The van der Waals surface area contributed by atoms with E-state index in [-0.39, 0.29) is 18.3 Å². The van der Waals surface area contributed by atoms with Crippen LogP contribution in [-0.2, 0) is 11.2 Å². The van der Waals surface area contributed by atoms with Gasteiger partial charge in [-0.2, -0.15) is 0 Å². The van der Waals surface area contributed by atoms with Crippen molar-refractivity contribution in [3.8, 4) is 17.2 Å². The van der Waals surface area contributed by atoms with Crippen LogP contribution >= 0.6 is 12.4 Å². The van der Waals surface area contributed by atoms with E-state index in [9.17, 15) is 4.79 Å². The molecule has 25 heavy (non-hydrogen) atoms. The largest absolute Gasteiger partial charge is 0.493 e. The number of methoxy groups -OCH3 is 3. The number of piperidine rings is 1. The van der Waals surface area contributed by atoms with Gasteiger partial charge in [0.2, 0.25) is 11.7 Å². The zero-order valence-electron chi connectivity index (χ0n) is 15.5. The van der Waals surface area contributed by atoms with Gasteiger partial charge in [-0.1, -0.05) is 6.07 Å². The highest BCUT2D eigenvalue weighted by atomic mass is 35.5. The molecule has 0 unspecified atom stereocenters. The number of hydrogen-bond donors (Lipinski definition) is 1. The van der Waals surface area contributed by atoms with Crippen molar-refractivity contribution in [2.45, 2.75) is 31.7 Å².